The summed E-state index contributed by atoms with van der Waals surface area (Å²) in [7, 11) is -1.28. The first-order valence-electron chi connectivity index (χ1n) is 6.76. The fourth-order valence-corrected chi connectivity index (χ4v) is 4.76. The maximum absolute atomic E-state index is 12.3. The molecule has 1 atom stereocenters. The first-order valence-corrected chi connectivity index (χ1v) is 8.37. The Morgan fingerprint density at radius 3 is 2.47 bits per heavy atom. The number of piperidine rings is 1. The van der Waals surface area contributed by atoms with Gasteiger partial charge in [-0.25, -0.2) is 12.7 Å². The van der Waals surface area contributed by atoms with E-state index in [2.05, 4.69) is 5.32 Å². The highest BCUT2D eigenvalue weighted by molar-refractivity contribution is 7.89. The number of rotatable bonds is 4. The summed E-state index contributed by atoms with van der Waals surface area (Å²) in [6.07, 6.45) is 6.58. The van der Waals surface area contributed by atoms with Gasteiger partial charge in [0, 0.05) is 13.1 Å². The average molecular weight is 260 g/mol. The van der Waals surface area contributed by atoms with Crippen molar-refractivity contribution in [2.24, 2.45) is 5.92 Å². The molecule has 5 heteroatoms. The van der Waals surface area contributed by atoms with E-state index >= 15 is 0 Å². The fraction of sp³-hybridized carbons (Fsp3) is 1.00. The van der Waals surface area contributed by atoms with Gasteiger partial charge < -0.3 is 5.32 Å². The lowest BCUT2D eigenvalue weighted by Crippen LogP contribution is -2.41. The van der Waals surface area contributed by atoms with Crippen LogP contribution < -0.4 is 5.32 Å². The summed E-state index contributed by atoms with van der Waals surface area (Å²) in [5.74, 6) is 0.630. The summed E-state index contributed by atoms with van der Waals surface area (Å²) in [5, 5.41) is 3.28. The molecule has 0 aromatic carbocycles. The second kappa shape index (κ2) is 5.67. The Bertz CT molecular complexity index is 330. The third-order valence-corrected chi connectivity index (χ3v) is 6.19. The van der Waals surface area contributed by atoms with Crippen LogP contribution in [-0.4, -0.2) is 44.7 Å². The minimum Gasteiger partial charge on any atom is -0.316 e. The van der Waals surface area contributed by atoms with Crippen LogP contribution in [-0.2, 0) is 10.0 Å². The Kier molecular flexibility index (Phi) is 4.44. The van der Waals surface area contributed by atoms with Crippen molar-refractivity contribution in [3.05, 3.63) is 0 Å². The van der Waals surface area contributed by atoms with Crippen molar-refractivity contribution in [2.45, 2.75) is 44.6 Å². The van der Waals surface area contributed by atoms with Crippen LogP contribution in [0.5, 0.6) is 0 Å². The van der Waals surface area contributed by atoms with Crippen molar-refractivity contribution in [1.82, 2.24) is 9.62 Å². The van der Waals surface area contributed by atoms with Crippen molar-refractivity contribution in [2.75, 3.05) is 25.9 Å². The molecule has 0 aromatic rings. The van der Waals surface area contributed by atoms with Crippen molar-refractivity contribution in [1.29, 1.82) is 0 Å². The predicted octanol–water partition coefficient (Wildman–Crippen LogP) is 1.19. The molecule has 0 radical (unpaired) electrons. The number of hydrogen-bond donors (Lipinski definition) is 1. The number of hydrogen-bond acceptors (Lipinski definition) is 3. The van der Waals surface area contributed by atoms with Crippen molar-refractivity contribution < 1.29 is 8.42 Å². The molecular weight excluding hydrogens is 236 g/mol. The van der Waals surface area contributed by atoms with Crippen LogP contribution in [0.15, 0.2) is 0 Å². The van der Waals surface area contributed by atoms with Gasteiger partial charge in [0.2, 0.25) is 10.0 Å². The highest BCUT2D eigenvalue weighted by Gasteiger charge is 2.30. The van der Waals surface area contributed by atoms with Gasteiger partial charge in [-0.3, -0.25) is 0 Å². The molecule has 0 bridgehead atoms. The molecule has 1 unspecified atom stereocenters. The van der Waals surface area contributed by atoms with Crippen LogP contribution in [0.4, 0.5) is 0 Å². The normalized spacial score (nSPS) is 27.8. The molecule has 1 heterocycles. The first kappa shape index (κ1) is 13.3. The Labute approximate surface area is 105 Å². The predicted molar refractivity (Wildman–Crippen MR) is 69.4 cm³/mol. The van der Waals surface area contributed by atoms with E-state index in [0.717, 1.165) is 38.8 Å². The van der Waals surface area contributed by atoms with E-state index < -0.39 is 10.0 Å². The van der Waals surface area contributed by atoms with E-state index in [4.69, 9.17) is 0 Å². The van der Waals surface area contributed by atoms with Crippen molar-refractivity contribution in [3.8, 4) is 0 Å². The molecule has 4 nitrogen and oxygen atoms in total. The maximum Gasteiger partial charge on any atom is 0.214 e. The second-order valence-electron chi connectivity index (χ2n) is 5.45. The summed E-state index contributed by atoms with van der Waals surface area (Å²) >= 11 is 0. The smallest absolute Gasteiger partial charge is 0.214 e. The molecule has 2 fully saturated rings. The number of nitrogens with one attached hydrogen (secondary N) is 1. The zero-order valence-corrected chi connectivity index (χ0v) is 11.5. The number of sulfonamides is 1. The average Bonchev–Trinajstić information content (AvgIpc) is 2.82. The van der Waals surface area contributed by atoms with E-state index in [-0.39, 0.29) is 6.04 Å². The monoisotopic (exact) mass is 260 g/mol. The van der Waals surface area contributed by atoms with Crippen LogP contribution in [0.1, 0.15) is 38.5 Å². The van der Waals surface area contributed by atoms with Gasteiger partial charge in [0.05, 0.1) is 5.75 Å². The van der Waals surface area contributed by atoms with E-state index in [0.29, 0.717) is 11.7 Å². The summed E-state index contributed by atoms with van der Waals surface area (Å²) in [5.41, 5.74) is 0. The third kappa shape index (κ3) is 3.42. The van der Waals surface area contributed by atoms with Gasteiger partial charge in [0.1, 0.15) is 0 Å². The largest absolute Gasteiger partial charge is 0.316 e. The number of nitrogens with zero attached hydrogens (tertiary/aromatic N) is 1. The third-order valence-electron chi connectivity index (χ3n) is 4.12. The van der Waals surface area contributed by atoms with Gasteiger partial charge in [-0.05, 0) is 44.7 Å². The summed E-state index contributed by atoms with van der Waals surface area (Å²) in [6, 6.07) is 0.261. The molecule has 1 aliphatic heterocycles. The van der Waals surface area contributed by atoms with Gasteiger partial charge in [-0.1, -0.05) is 12.8 Å². The minimum atomic E-state index is -3.05. The fourth-order valence-electron chi connectivity index (χ4n) is 2.98. The van der Waals surface area contributed by atoms with E-state index in [1.54, 1.807) is 11.4 Å². The molecule has 100 valence electrons. The van der Waals surface area contributed by atoms with Gasteiger partial charge in [-0.2, -0.15) is 0 Å². The molecule has 2 rings (SSSR count). The van der Waals surface area contributed by atoms with Crippen LogP contribution in [0.25, 0.3) is 0 Å². The molecular formula is C12H24N2O2S. The summed E-state index contributed by atoms with van der Waals surface area (Å²) in [6.45, 7) is 1.90. The van der Waals surface area contributed by atoms with Crippen LogP contribution >= 0.6 is 0 Å². The molecule has 2 aliphatic rings. The molecule has 17 heavy (non-hydrogen) atoms. The molecule has 1 aliphatic carbocycles. The highest BCUT2D eigenvalue weighted by Crippen LogP contribution is 2.25. The quantitative estimate of drug-likeness (QED) is 0.826. The van der Waals surface area contributed by atoms with Crippen LogP contribution in [0.3, 0.4) is 0 Å². The highest BCUT2D eigenvalue weighted by atomic mass is 32.2. The van der Waals surface area contributed by atoms with Crippen LogP contribution in [0, 0.1) is 5.92 Å². The zero-order valence-electron chi connectivity index (χ0n) is 10.7. The van der Waals surface area contributed by atoms with Gasteiger partial charge in [-0.15, -0.1) is 0 Å². The van der Waals surface area contributed by atoms with Gasteiger partial charge in [0.25, 0.3) is 0 Å². The lowest BCUT2D eigenvalue weighted by molar-refractivity contribution is 0.356. The Morgan fingerprint density at radius 1 is 1.18 bits per heavy atom. The molecule has 0 amide bonds. The summed E-state index contributed by atoms with van der Waals surface area (Å²) in [4.78, 5) is 0. The van der Waals surface area contributed by atoms with Gasteiger partial charge >= 0.3 is 0 Å². The van der Waals surface area contributed by atoms with Crippen LogP contribution in [0.2, 0.25) is 0 Å². The molecule has 1 saturated carbocycles. The van der Waals surface area contributed by atoms with E-state index in [9.17, 15) is 8.42 Å². The molecule has 0 spiro atoms. The summed E-state index contributed by atoms with van der Waals surface area (Å²) < 4.78 is 26.2. The standard InChI is InChI=1S/C12H24N2O2S/c1-14(12-6-2-3-7-12)17(15,16)10-11-5-4-8-13-9-11/h11-13H,2-10H2,1H3. The second-order valence-corrected chi connectivity index (χ2v) is 7.52. The SMILES string of the molecule is CN(C1CCCC1)S(=O)(=O)CC1CCCNC1. The first-order chi connectivity index (χ1) is 8.09. The molecule has 1 saturated heterocycles. The van der Waals surface area contributed by atoms with Crippen molar-refractivity contribution in [3.63, 3.8) is 0 Å². The molecule has 1 N–H and O–H groups in total. The zero-order chi connectivity index (χ0) is 12.3. The lowest BCUT2D eigenvalue weighted by atomic mass is 10.0. The Hall–Kier alpha value is -0.130. The lowest BCUT2D eigenvalue weighted by Gasteiger charge is -2.28. The Balaban J connectivity index is 1.92. The minimum absolute atomic E-state index is 0.261. The van der Waals surface area contributed by atoms with E-state index in [1.165, 1.54) is 12.8 Å². The molecule has 0 aromatic heterocycles. The van der Waals surface area contributed by atoms with E-state index in [1.807, 2.05) is 0 Å². The van der Waals surface area contributed by atoms with Gasteiger partial charge in [0.15, 0.2) is 0 Å². The maximum atomic E-state index is 12.3. The Morgan fingerprint density at radius 2 is 1.88 bits per heavy atom. The van der Waals surface area contributed by atoms with Crippen molar-refractivity contribution >= 4 is 10.0 Å². The topological polar surface area (TPSA) is 49.4 Å².